The molecule has 1 aromatic heterocycles. The summed E-state index contributed by atoms with van der Waals surface area (Å²) in [6, 6.07) is 18.5. The van der Waals surface area contributed by atoms with Crippen molar-refractivity contribution in [2.24, 2.45) is 0 Å². The molecule has 0 bridgehead atoms. The van der Waals surface area contributed by atoms with Gasteiger partial charge in [-0.2, -0.15) is 0 Å². The van der Waals surface area contributed by atoms with Crippen LogP contribution in [0.4, 0.5) is 0 Å². The standard InChI is InChI=1S/C24H17BrO6/c1-28-19-11-10-14(13-20(19)29-2)22-23(21(26)17-8-3-4-9-18(17)30-22)31-24(27)15-6-5-7-16(25)12-15/h3-13H,1-2H3. The Morgan fingerprint density at radius 2 is 1.68 bits per heavy atom. The Kier molecular flexibility index (Phi) is 5.77. The van der Waals surface area contributed by atoms with E-state index in [2.05, 4.69) is 15.9 Å². The first-order valence-corrected chi connectivity index (χ1v) is 10.1. The number of para-hydroxylation sites is 1. The molecule has 4 aromatic rings. The molecular formula is C24H17BrO6. The fraction of sp³-hybridized carbons (Fsp3) is 0.0833. The van der Waals surface area contributed by atoms with E-state index in [1.165, 1.54) is 14.2 Å². The highest BCUT2D eigenvalue weighted by Crippen LogP contribution is 2.37. The molecule has 0 spiro atoms. The van der Waals surface area contributed by atoms with Crippen molar-refractivity contribution in [1.29, 1.82) is 0 Å². The fourth-order valence-corrected chi connectivity index (χ4v) is 3.55. The summed E-state index contributed by atoms with van der Waals surface area (Å²) >= 11 is 3.33. The zero-order valence-corrected chi connectivity index (χ0v) is 18.3. The number of rotatable bonds is 5. The number of halogens is 1. The van der Waals surface area contributed by atoms with Crippen LogP contribution in [0.2, 0.25) is 0 Å². The molecule has 0 aliphatic rings. The van der Waals surface area contributed by atoms with Crippen LogP contribution in [-0.2, 0) is 0 Å². The van der Waals surface area contributed by atoms with Gasteiger partial charge < -0.3 is 18.6 Å². The van der Waals surface area contributed by atoms with Crippen molar-refractivity contribution < 1.29 is 23.4 Å². The first kappa shape index (κ1) is 20.7. The Bertz CT molecular complexity index is 1340. The number of esters is 1. The van der Waals surface area contributed by atoms with E-state index in [4.69, 9.17) is 18.6 Å². The Labute approximate surface area is 186 Å². The summed E-state index contributed by atoms with van der Waals surface area (Å²) < 4.78 is 22.9. The first-order chi connectivity index (χ1) is 15.0. The lowest BCUT2D eigenvalue weighted by Gasteiger charge is -2.13. The van der Waals surface area contributed by atoms with Crippen molar-refractivity contribution in [1.82, 2.24) is 0 Å². The third-order valence-electron chi connectivity index (χ3n) is 4.66. The molecule has 3 aromatic carbocycles. The summed E-state index contributed by atoms with van der Waals surface area (Å²) in [5, 5.41) is 0.309. The van der Waals surface area contributed by atoms with Gasteiger partial charge in [-0.25, -0.2) is 4.79 Å². The molecule has 0 aliphatic carbocycles. The van der Waals surface area contributed by atoms with Crippen LogP contribution in [0.3, 0.4) is 0 Å². The Morgan fingerprint density at radius 3 is 2.42 bits per heavy atom. The number of fused-ring (bicyclic) bond motifs is 1. The maximum atomic E-state index is 13.2. The van der Waals surface area contributed by atoms with Gasteiger partial charge in [0, 0.05) is 10.0 Å². The number of hydrogen-bond donors (Lipinski definition) is 0. The van der Waals surface area contributed by atoms with Gasteiger partial charge in [0.05, 0.1) is 25.2 Å². The van der Waals surface area contributed by atoms with E-state index >= 15 is 0 Å². The molecule has 0 atom stereocenters. The maximum Gasteiger partial charge on any atom is 0.343 e. The van der Waals surface area contributed by atoms with Crippen molar-refractivity contribution in [3.63, 3.8) is 0 Å². The number of ether oxygens (including phenoxy) is 3. The van der Waals surface area contributed by atoms with Crippen LogP contribution in [0.5, 0.6) is 17.2 Å². The van der Waals surface area contributed by atoms with Gasteiger partial charge in [0.1, 0.15) is 5.58 Å². The van der Waals surface area contributed by atoms with Crippen LogP contribution in [0.1, 0.15) is 10.4 Å². The largest absolute Gasteiger partial charge is 0.493 e. The zero-order valence-electron chi connectivity index (χ0n) is 16.7. The molecule has 0 unspecified atom stereocenters. The van der Waals surface area contributed by atoms with Crippen LogP contribution in [0.25, 0.3) is 22.3 Å². The average molecular weight is 481 g/mol. The summed E-state index contributed by atoms with van der Waals surface area (Å²) in [7, 11) is 3.03. The van der Waals surface area contributed by atoms with Gasteiger partial charge in [-0.05, 0) is 48.5 Å². The summed E-state index contributed by atoms with van der Waals surface area (Å²) in [5.41, 5.74) is 0.715. The van der Waals surface area contributed by atoms with E-state index in [0.717, 1.165) is 0 Å². The number of benzene rings is 3. The SMILES string of the molecule is COc1ccc(-c2oc3ccccc3c(=O)c2OC(=O)c2cccc(Br)c2)cc1OC. The third kappa shape index (κ3) is 4.04. The normalized spacial score (nSPS) is 10.7. The minimum Gasteiger partial charge on any atom is -0.493 e. The highest BCUT2D eigenvalue weighted by molar-refractivity contribution is 9.10. The molecule has 4 rings (SSSR count). The minimum absolute atomic E-state index is 0.119. The van der Waals surface area contributed by atoms with Crippen molar-refractivity contribution >= 4 is 32.9 Å². The van der Waals surface area contributed by atoms with Crippen molar-refractivity contribution in [2.75, 3.05) is 14.2 Å². The van der Waals surface area contributed by atoms with Gasteiger partial charge in [0.2, 0.25) is 11.2 Å². The van der Waals surface area contributed by atoms with Gasteiger partial charge in [-0.1, -0.05) is 34.1 Å². The summed E-state index contributed by atoms with van der Waals surface area (Å²) in [6.07, 6.45) is 0. The highest BCUT2D eigenvalue weighted by atomic mass is 79.9. The van der Waals surface area contributed by atoms with E-state index in [0.29, 0.717) is 38.1 Å². The Morgan fingerprint density at radius 1 is 0.903 bits per heavy atom. The second-order valence-electron chi connectivity index (χ2n) is 6.56. The van der Waals surface area contributed by atoms with Crippen LogP contribution >= 0.6 is 15.9 Å². The summed E-state index contributed by atoms with van der Waals surface area (Å²) in [4.78, 5) is 26.0. The average Bonchev–Trinajstić information content (AvgIpc) is 2.80. The first-order valence-electron chi connectivity index (χ1n) is 9.28. The molecule has 0 saturated heterocycles. The summed E-state index contributed by atoms with van der Waals surface area (Å²) in [5.74, 6) is 0.205. The van der Waals surface area contributed by atoms with Crippen molar-refractivity contribution in [3.8, 4) is 28.6 Å². The van der Waals surface area contributed by atoms with Crippen LogP contribution in [0.15, 0.2) is 80.4 Å². The van der Waals surface area contributed by atoms with Gasteiger partial charge >= 0.3 is 5.97 Å². The van der Waals surface area contributed by atoms with E-state index in [1.807, 2.05) is 0 Å². The van der Waals surface area contributed by atoms with E-state index in [1.54, 1.807) is 66.7 Å². The van der Waals surface area contributed by atoms with E-state index in [-0.39, 0.29) is 11.5 Å². The Hall–Kier alpha value is -3.58. The minimum atomic E-state index is -0.675. The highest BCUT2D eigenvalue weighted by Gasteiger charge is 2.22. The maximum absolute atomic E-state index is 13.2. The van der Waals surface area contributed by atoms with Gasteiger partial charge in [-0.15, -0.1) is 0 Å². The molecule has 156 valence electrons. The fourth-order valence-electron chi connectivity index (χ4n) is 3.15. The molecule has 7 heteroatoms. The number of methoxy groups -OCH3 is 2. The monoisotopic (exact) mass is 480 g/mol. The van der Waals surface area contributed by atoms with E-state index < -0.39 is 11.4 Å². The van der Waals surface area contributed by atoms with Crippen molar-refractivity contribution in [2.45, 2.75) is 0 Å². The van der Waals surface area contributed by atoms with Crippen LogP contribution in [-0.4, -0.2) is 20.2 Å². The molecule has 0 radical (unpaired) electrons. The topological polar surface area (TPSA) is 75.0 Å². The lowest BCUT2D eigenvalue weighted by molar-refractivity contribution is 0.0731. The van der Waals surface area contributed by atoms with E-state index in [9.17, 15) is 9.59 Å². The van der Waals surface area contributed by atoms with Gasteiger partial charge in [0.25, 0.3) is 0 Å². The van der Waals surface area contributed by atoms with Gasteiger partial charge in [-0.3, -0.25) is 4.79 Å². The lowest BCUT2D eigenvalue weighted by atomic mass is 10.1. The number of carbonyl (C=O) groups excluding carboxylic acids is 1. The third-order valence-corrected chi connectivity index (χ3v) is 5.15. The predicted molar refractivity (Wildman–Crippen MR) is 120 cm³/mol. The van der Waals surface area contributed by atoms with Crippen LogP contribution in [0, 0.1) is 0 Å². The molecule has 6 nitrogen and oxygen atoms in total. The molecule has 0 fully saturated rings. The van der Waals surface area contributed by atoms with Crippen molar-refractivity contribution in [3.05, 3.63) is 87.0 Å². The predicted octanol–water partition coefficient (Wildman–Crippen LogP) is 5.46. The molecular weight excluding hydrogens is 464 g/mol. The van der Waals surface area contributed by atoms with Gasteiger partial charge in [0.15, 0.2) is 17.3 Å². The zero-order chi connectivity index (χ0) is 22.0. The molecule has 0 amide bonds. The van der Waals surface area contributed by atoms with Crippen LogP contribution < -0.4 is 19.6 Å². The molecule has 31 heavy (non-hydrogen) atoms. The smallest absolute Gasteiger partial charge is 0.343 e. The summed E-state index contributed by atoms with van der Waals surface area (Å²) in [6.45, 7) is 0. The second kappa shape index (κ2) is 8.65. The number of hydrogen-bond acceptors (Lipinski definition) is 6. The molecule has 0 aliphatic heterocycles. The molecule has 0 saturated carbocycles. The quantitative estimate of drug-likeness (QED) is 0.353. The lowest BCUT2D eigenvalue weighted by Crippen LogP contribution is -2.16. The Balaban J connectivity index is 1.90. The molecule has 1 heterocycles. The molecule has 0 N–H and O–H groups in total. The second-order valence-corrected chi connectivity index (χ2v) is 7.47. The number of carbonyl (C=O) groups is 1.